The van der Waals surface area contributed by atoms with E-state index in [-0.39, 0.29) is 12.0 Å². The van der Waals surface area contributed by atoms with Crippen molar-refractivity contribution in [3.8, 4) is 6.01 Å². The molecule has 1 amide bonds. The lowest BCUT2D eigenvalue weighted by atomic mass is 10.1. The zero-order valence-corrected chi connectivity index (χ0v) is 15.5. The first-order valence-electron chi connectivity index (χ1n) is 8.85. The molecule has 0 N–H and O–H groups in total. The zero-order chi connectivity index (χ0) is 18.4. The second kappa shape index (κ2) is 8.81. The molecule has 0 bridgehead atoms. The van der Waals surface area contributed by atoms with Gasteiger partial charge in [0.05, 0.1) is 6.54 Å². The predicted molar refractivity (Wildman–Crippen MR) is 102 cm³/mol. The van der Waals surface area contributed by atoms with Gasteiger partial charge in [-0.05, 0) is 42.5 Å². The fourth-order valence-corrected chi connectivity index (χ4v) is 3.05. The smallest absolute Gasteiger partial charge is 0.316 e. The molecule has 3 rings (SSSR count). The normalized spacial score (nSPS) is 17.5. The van der Waals surface area contributed by atoms with Crippen LogP contribution in [-0.2, 0) is 11.2 Å². The van der Waals surface area contributed by atoms with Crippen molar-refractivity contribution in [1.29, 1.82) is 0 Å². The minimum absolute atomic E-state index is 0.0412. The van der Waals surface area contributed by atoms with Crippen molar-refractivity contribution in [2.24, 2.45) is 0 Å². The molecule has 0 saturated carbocycles. The summed E-state index contributed by atoms with van der Waals surface area (Å²) in [7, 11) is 0. The molecule has 1 aliphatic heterocycles. The zero-order valence-electron chi connectivity index (χ0n) is 14.8. The number of rotatable bonds is 5. The number of aromatic nitrogens is 2. The van der Waals surface area contributed by atoms with Gasteiger partial charge in [0.25, 0.3) is 0 Å². The number of benzene rings is 1. The summed E-state index contributed by atoms with van der Waals surface area (Å²) in [5, 5.41) is 0.629. The average molecular weight is 372 g/mol. The van der Waals surface area contributed by atoms with Crippen LogP contribution in [0.4, 0.5) is 0 Å². The summed E-state index contributed by atoms with van der Waals surface area (Å²) in [5.74, 6) is -0.0412. The van der Waals surface area contributed by atoms with Crippen molar-refractivity contribution in [1.82, 2.24) is 14.9 Å². The Kier molecular flexibility index (Phi) is 6.23. The van der Waals surface area contributed by atoms with Gasteiger partial charge in [-0.25, -0.2) is 9.97 Å². The molecular formula is C20H22ClN3O2. The van der Waals surface area contributed by atoms with E-state index >= 15 is 0 Å². The summed E-state index contributed by atoms with van der Waals surface area (Å²) in [6, 6.07) is 7.81. The third-order valence-electron chi connectivity index (χ3n) is 4.36. The van der Waals surface area contributed by atoms with E-state index in [2.05, 4.69) is 16.9 Å². The summed E-state index contributed by atoms with van der Waals surface area (Å²) >= 11 is 6.12. The molecule has 136 valence electrons. The van der Waals surface area contributed by atoms with Crippen LogP contribution in [0.15, 0.2) is 42.7 Å². The van der Waals surface area contributed by atoms with Gasteiger partial charge in [-0.1, -0.05) is 36.7 Å². The van der Waals surface area contributed by atoms with E-state index in [4.69, 9.17) is 16.3 Å². The maximum Gasteiger partial charge on any atom is 0.316 e. The number of hydrogen-bond donors (Lipinski definition) is 0. The molecule has 1 aromatic carbocycles. The number of likely N-dealkylation sites (tertiary alicyclic amines) is 1. The van der Waals surface area contributed by atoms with Crippen LogP contribution in [0.3, 0.4) is 0 Å². The number of carbonyl (C=O) groups is 1. The number of aryl methyl sites for hydroxylation is 1. The van der Waals surface area contributed by atoms with Crippen LogP contribution in [0, 0.1) is 0 Å². The third kappa shape index (κ3) is 4.82. The van der Waals surface area contributed by atoms with Crippen molar-refractivity contribution in [2.75, 3.05) is 13.1 Å². The summed E-state index contributed by atoms with van der Waals surface area (Å²) in [6.07, 6.45) is 9.46. The molecule has 1 aliphatic rings. The molecule has 5 nitrogen and oxygen atoms in total. The quantitative estimate of drug-likeness (QED) is 0.750. The van der Waals surface area contributed by atoms with Gasteiger partial charge in [0, 0.05) is 30.0 Å². The molecule has 6 heteroatoms. The second-order valence-corrected chi connectivity index (χ2v) is 6.66. The number of amides is 1. The molecule has 1 unspecified atom stereocenters. The lowest BCUT2D eigenvalue weighted by Crippen LogP contribution is -2.43. The van der Waals surface area contributed by atoms with E-state index in [0.717, 1.165) is 36.9 Å². The Labute approximate surface area is 158 Å². The lowest BCUT2D eigenvalue weighted by molar-refractivity contribution is -0.128. The highest BCUT2D eigenvalue weighted by molar-refractivity contribution is 6.32. The molecule has 2 aromatic rings. The number of ether oxygens (including phenoxy) is 1. The van der Waals surface area contributed by atoms with Crippen LogP contribution in [0.5, 0.6) is 6.01 Å². The number of nitrogens with zero attached hydrogens (tertiary/aromatic N) is 3. The Morgan fingerprint density at radius 3 is 2.85 bits per heavy atom. The van der Waals surface area contributed by atoms with Crippen LogP contribution in [0.25, 0.3) is 6.08 Å². The lowest BCUT2D eigenvalue weighted by Gasteiger charge is -2.31. The van der Waals surface area contributed by atoms with Gasteiger partial charge in [0.2, 0.25) is 5.91 Å². The van der Waals surface area contributed by atoms with Crippen LogP contribution in [-0.4, -0.2) is 40.0 Å². The van der Waals surface area contributed by atoms with Crippen LogP contribution < -0.4 is 4.74 Å². The maximum atomic E-state index is 12.5. The van der Waals surface area contributed by atoms with Gasteiger partial charge in [0.15, 0.2) is 0 Å². The van der Waals surface area contributed by atoms with Crippen molar-refractivity contribution in [3.05, 3.63) is 58.9 Å². The first-order valence-corrected chi connectivity index (χ1v) is 9.22. The standard InChI is InChI=1S/C20H22ClN3O2/c1-2-15-12-22-20(23-13-15)26-17-7-5-11-24(14-17)19(25)10-9-16-6-3-4-8-18(16)21/h3-4,6,8-10,12-13,17H,2,5,7,11,14H2,1H3/b10-9+. The Morgan fingerprint density at radius 2 is 2.12 bits per heavy atom. The van der Waals surface area contributed by atoms with Crippen molar-refractivity contribution in [2.45, 2.75) is 32.3 Å². The molecule has 0 aliphatic carbocycles. The first-order chi connectivity index (χ1) is 12.7. The minimum Gasteiger partial charge on any atom is -0.458 e. The summed E-state index contributed by atoms with van der Waals surface area (Å²) in [4.78, 5) is 22.7. The van der Waals surface area contributed by atoms with Crippen LogP contribution in [0.2, 0.25) is 5.02 Å². The third-order valence-corrected chi connectivity index (χ3v) is 4.71. The SMILES string of the molecule is CCc1cnc(OC2CCCN(C(=O)/C=C/c3ccccc3Cl)C2)nc1. The van der Waals surface area contributed by atoms with Gasteiger partial charge in [-0.15, -0.1) is 0 Å². The van der Waals surface area contributed by atoms with Gasteiger partial charge in [0.1, 0.15) is 6.10 Å². The van der Waals surface area contributed by atoms with E-state index < -0.39 is 0 Å². The molecule has 1 aromatic heterocycles. The molecule has 26 heavy (non-hydrogen) atoms. The number of piperidine rings is 1. The maximum absolute atomic E-state index is 12.5. The monoisotopic (exact) mass is 371 g/mol. The molecule has 1 fully saturated rings. The molecule has 1 atom stereocenters. The topological polar surface area (TPSA) is 55.3 Å². The van der Waals surface area contributed by atoms with Gasteiger partial charge >= 0.3 is 6.01 Å². The summed E-state index contributed by atoms with van der Waals surface area (Å²) in [6.45, 7) is 3.31. The highest BCUT2D eigenvalue weighted by Gasteiger charge is 2.24. The van der Waals surface area contributed by atoms with E-state index in [1.807, 2.05) is 18.2 Å². The Morgan fingerprint density at radius 1 is 1.35 bits per heavy atom. The highest BCUT2D eigenvalue weighted by Crippen LogP contribution is 2.18. The molecule has 0 radical (unpaired) electrons. The Hall–Kier alpha value is -2.40. The number of carbonyl (C=O) groups excluding carboxylic acids is 1. The van der Waals surface area contributed by atoms with Crippen molar-refractivity contribution in [3.63, 3.8) is 0 Å². The molecule has 1 saturated heterocycles. The fraction of sp³-hybridized carbons (Fsp3) is 0.350. The predicted octanol–water partition coefficient (Wildman–Crippen LogP) is 3.78. The summed E-state index contributed by atoms with van der Waals surface area (Å²) in [5.41, 5.74) is 1.90. The van der Waals surface area contributed by atoms with Crippen LogP contribution in [0.1, 0.15) is 30.9 Å². The van der Waals surface area contributed by atoms with Gasteiger partial charge < -0.3 is 9.64 Å². The van der Waals surface area contributed by atoms with E-state index in [0.29, 0.717) is 17.6 Å². The molecule has 2 heterocycles. The molecular weight excluding hydrogens is 350 g/mol. The number of halogens is 1. The number of hydrogen-bond acceptors (Lipinski definition) is 4. The fourth-order valence-electron chi connectivity index (χ4n) is 2.85. The highest BCUT2D eigenvalue weighted by atomic mass is 35.5. The largest absolute Gasteiger partial charge is 0.458 e. The Balaban J connectivity index is 1.58. The Bertz CT molecular complexity index is 777. The van der Waals surface area contributed by atoms with Gasteiger partial charge in [-0.2, -0.15) is 0 Å². The molecule has 0 spiro atoms. The second-order valence-electron chi connectivity index (χ2n) is 6.25. The van der Waals surface area contributed by atoms with Crippen molar-refractivity contribution < 1.29 is 9.53 Å². The van der Waals surface area contributed by atoms with E-state index in [1.165, 1.54) is 0 Å². The average Bonchev–Trinajstić information content (AvgIpc) is 2.68. The van der Waals surface area contributed by atoms with Crippen LogP contribution >= 0.6 is 11.6 Å². The minimum atomic E-state index is -0.0890. The van der Waals surface area contributed by atoms with Gasteiger partial charge in [-0.3, -0.25) is 4.79 Å². The summed E-state index contributed by atoms with van der Waals surface area (Å²) < 4.78 is 5.86. The first kappa shape index (κ1) is 18.4. The van der Waals surface area contributed by atoms with Crippen molar-refractivity contribution >= 4 is 23.6 Å². The van der Waals surface area contributed by atoms with E-state index in [1.54, 1.807) is 35.5 Å². The van der Waals surface area contributed by atoms with E-state index in [9.17, 15) is 4.79 Å².